The zero-order valence-electron chi connectivity index (χ0n) is 11.8. The SMILES string of the molecule is CNCCC(=O)N(CC(N)=O)[C@H](C)c1ccccc1.Cl. The lowest BCUT2D eigenvalue weighted by Gasteiger charge is -2.28. The van der Waals surface area contributed by atoms with Gasteiger partial charge in [0.15, 0.2) is 0 Å². The molecule has 2 amide bonds. The highest BCUT2D eigenvalue weighted by atomic mass is 35.5. The Morgan fingerprint density at radius 1 is 1.30 bits per heavy atom. The Bertz CT molecular complexity index is 426. The summed E-state index contributed by atoms with van der Waals surface area (Å²) in [7, 11) is 1.78. The third-order valence-electron chi connectivity index (χ3n) is 2.98. The second-order valence-electron chi connectivity index (χ2n) is 4.43. The maximum Gasteiger partial charge on any atom is 0.237 e. The van der Waals surface area contributed by atoms with E-state index < -0.39 is 5.91 Å². The zero-order chi connectivity index (χ0) is 14.3. The Hall–Kier alpha value is -1.59. The Morgan fingerprint density at radius 3 is 2.40 bits per heavy atom. The van der Waals surface area contributed by atoms with Crippen molar-refractivity contribution in [3.63, 3.8) is 0 Å². The number of hydrogen-bond donors (Lipinski definition) is 2. The minimum absolute atomic E-state index is 0. The van der Waals surface area contributed by atoms with E-state index in [-0.39, 0.29) is 30.9 Å². The molecule has 1 rings (SSSR count). The summed E-state index contributed by atoms with van der Waals surface area (Å²) in [6, 6.07) is 9.43. The lowest BCUT2D eigenvalue weighted by Crippen LogP contribution is -2.41. The minimum atomic E-state index is -0.499. The van der Waals surface area contributed by atoms with Gasteiger partial charge in [0.05, 0.1) is 12.6 Å². The van der Waals surface area contributed by atoms with Crippen LogP contribution in [-0.2, 0) is 9.59 Å². The summed E-state index contributed by atoms with van der Waals surface area (Å²) in [6.07, 6.45) is 0.348. The molecule has 0 aliphatic carbocycles. The molecule has 0 heterocycles. The molecule has 0 saturated carbocycles. The van der Waals surface area contributed by atoms with Gasteiger partial charge in [-0.25, -0.2) is 0 Å². The van der Waals surface area contributed by atoms with E-state index >= 15 is 0 Å². The number of halogens is 1. The van der Waals surface area contributed by atoms with Crippen LogP contribution >= 0.6 is 12.4 Å². The van der Waals surface area contributed by atoms with E-state index in [0.717, 1.165) is 5.56 Å². The first-order valence-corrected chi connectivity index (χ1v) is 6.33. The van der Waals surface area contributed by atoms with Crippen LogP contribution in [0, 0.1) is 0 Å². The summed E-state index contributed by atoms with van der Waals surface area (Å²) in [4.78, 5) is 24.8. The van der Waals surface area contributed by atoms with Gasteiger partial charge in [-0.05, 0) is 19.5 Å². The van der Waals surface area contributed by atoms with Crippen molar-refractivity contribution in [2.45, 2.75) is 19.4 Å². The molecule has 3 N–H and O–H groups in total. The number of amides is 2. The Labute approximate surface area is 125 Å². The van der Waals surface area contributed by atoms with Gasteiger partial charge in [0.2, 0.25) is 11.8 Å². The number of primary amides is 1. The maximum absolute atomic E-state index is 12.1. The minimum Gasteiger partial charge on any atom is -0.368 e. The van der Waals surface area contributed by atoms with Crippen LogP contribution in [0.3, 0.4) is 0 Å². The first-order chi connectivity index (χ1) is 9.06. The fraction of sp³-hybridized carbons (Fsp3) is 0.429. The molecule has 112 valence electrons. The van der Waals surface area contributed by atoms with Crippen molar-refractivity contribution in [3.05, 3.63) is 35.9 Å². The molecule has 6 heteroatoms. The van der Waals surface area contributed by atoms with Crippen molar-refractivity contribution in [2.24, 2.45) is 5.73 Å². The molecule has 0 aromatic heterocycles. The maximum atomic E-state index is 12.1. The highest BCUT2D eigenvalue weighted by molar-refractivity contribution is 5.85. The Balaban J connectivity index is 0.00000361. The number of benzene rings is 1. The number of nitrogens with two attached hydrogens (primary N) is 1. The molecule has 0 aliphatic heterocycles. The van der Waals surface area contributed by atoms with Crippen molar-refractivity contribution in [1.82, 2.24) is 10.2 Å². The van der Waals surface area contributed by atoms with E-state index in [0.29, 0.717) is 13.0 Å². The highest BCUT2D eigenvalue weighted by Gasteiger charge is 2.22. The van der Waals surface area contributed by atoms with E-state index in [4.69, 9.17) is 5.73 Å². The van der Waals surface area contributed by atoms with E-state index in [1.54, 1.807) is 7.05 Å². The van der Waals surface area contributed by atoms with Gasteiger partial charge >= 0.3 is 0 Å². The second kappa shape index (κ2) is 9.34. The molecule has 5 nitrogen and oxygen atoms in total. The van der Waals surface area contributed by atoms with Crippen LogP contribution in [0.4, 0.5) is 0 Å². The van der Waals surface area contributed by atoms with Gasteiger partial charge in [-0.15, -0.1) is 12.4 Å². The van der Waals surface area contributed by atoms with Gasteiger partial charge in [-0.3, -0.25) is 9.59 Å². The average Bonchev–Trinajstić information content (AvgIpc) is 2.42. The predicted molar refractivity (Wildman–Crippen MR) is 81.6 cm³/mol. The molecule has 0 radical (unpaired) electrons. The highest BCUT2D eigenvalue weighted by Crippen LogP contribution is 2.20. The Kier molecular flexibility index (Phi) is 8.59. The van der Waals surface area contributed by atoms with Crippen LogP contribution < -0.4 is 11.1 Å². The number of hydrogen-bond acceptors (Lipinski definition) is 3. The van der Waals surface area contributed by atoms with Crippen LogP contribution in [-0.4, -0.2) is 36.9 Å². The summed E-state index contributed by atoms with van der Waals surface area (Å²) in [5, 5.41) is 2.92. The van der Waals surface area contributed by atoms with E-state index in [2.05, 4.69) is 5.32 Å². The fourth-order valence-electron chi connectivity index (χ4n) is 1.90. The molecule has 0 saturated heterocycles. The number of rotatable bonds is 7. The first-order valence-electron chi connectivity index (χ1n) is 6.33. The van der Waals surface area contributed by atoms with Crippen molar-refractivity contribution >= 4 is 24.2 Å². The van der Waals surface area contributed by atoms with Crippen molar-refractivity contribution < 1.29 is 9.59 Å². The second-order valence-corrected chi connectivity index (χ2v) is 4.43. The summed E-state index contributed by atoms with van der Waals surface area (Å²) in [6.45, 7) is 2.42. The summed E-state index contributed by atoms with van der Waals surface area (Å²) in [5.74, 6) is -0.579. The lowest BCUT2D eigenvalue weighted by atomic mass is 10.1. The smallest absolute Gasteiger partial charge is 0.237 e. The van der Waals surface area contributed by atoms with Gasteiger partial charge in [0, 0.05) is 13.0 Å². The monoisotopic (exact) mass is 299 g/mol. The molecule has 1 aromatic carbocycles. The van der Waals surface area contributed by atoms with Crippen molar-refractivity contribution in [3.8, 4) is 0 Å². The summed E-state index contributed by atoms with van der Waals surface area (Å²) < 4.78 is 0. The van der Waals surface area contributed by atoms with Crippen LogP contribution in [0.15, 0.2) is 30.3 Å². The third kappa shape index (κ3) is 5.59. The van der Waals surface area contributed by atoms with Gasteiger partial charge in [0.1, 0.15) is 0 Å². The van der Waals surface area contributed by atoms with Crippen LogP contribution in [0.25, 0.3) is 0 Å². The third-order valence-corrected chi connectivity index (χ3v) is 2.98. The molecule has 0 bridgehead atoms. The van der Waals surface area contributed by atoms with Gasteiger partial charge < -0.3 is 16.0 Å². The summed E-state index contributed by atoms with van der Waals surface area (Å²) in [5.41, 5.74) is 6.21. The first kappa shape index (κ1) is 18.4. The standard InChI is InChI=1S/C14H21N3O2.ClH/c1-11(12-6-4-3-5-7-12)17(10-13(15)18)14(19)8-9-16-2;/h3-7,11,16H,8-10H2,1-2H3,(H2,15,18);1H/t11-;/m1./s1. The van der Waals surface area contributed by atoms with E-state index in [1.807, 2.05) is 37.3 Å². The number of nitrogens with one attached hydrogen (secondary N) is 1. The fourth-order valence-corrected chi connectivity index (χ4v) is 1.90. The molecule has 0 fully saturated rings. The topological polar surface area (TPSA) is 75.4 Å². The number of nitrogens with zero attached hydrogens (tertiary/aromatic N) is 1. The molecule has 20 heavy (non-hydrogen) atoms. The van der Waals surface area contributed by atoms with Crippen molar-refractivity contribution in [1.29, 1.82) is 0 Å². The molecule has 0 unspecified atom stereocenters. The Morgan fingerprint density at radius 2 is 1.90 bits per heavy atom. The predicted octanol–water partition coefficient (Wildman–Crippen LogP) is 1.09. The molecule has 0 aliphatic rings. The van der Waals surface area contributed by atoms with Gasteiger partial charge in [-0.1, -0.05) is 30.3 Å². The van der Waals surface area contributed by atoms with Gasteiger partial charge in [0.25, 0.3) is 0 Å². The number of carbonyl (C=O) groups is 2. The lowest BCUT2D eigenvalue weighted by molar-refractivity contribution is -0.137. The largest absolute Gasteiger partial charge is 0.368 e. The van der Waals surface area contributed by atoms with Crippen LogP contribution in [0.1, 0.15) is 24.9 Å². The average molecular weight is 300 g/mol. The van der Waals surface area contributed by atoms with Crippen molar-refractivity contribution in [2.75, 3.05) is 20.1 Å². The van der Waals surface area contributed by atoms with E-state index in [9.17, 15) is 9.59 Å². The molecular weight excluding hydrogens is 278 g/mol. The molecular formula is C14H22ClN3O2. The van der Waals surface area contributed by atoms with Gasteiger partial charge in [-0.2, -0.15) is 0 Å². The summed E-state index contributed by atoms with van der Waals surface area (Å²) >= 11 is 0. The quantitative estimate of drug-likeness (QED) is 0.791. The van der Waals surface area contributed by atoms with Crippen LogP contribution in [0.2, 0.25) is 0 Å². The van der Waals surface area contributed by atoms with Crippen LogP contribution in [0.5, 0.6) is 0 Å². The molecule has 1 atom stereocenters. The molecule has 1 aromatic rings. The molecule has 0 spiro atoms. The normalized spacial score (nSPS) is 11.3. The zero-order valence-corrected chi connectivity index (χ0v) is 12.7. The number of carbonyl (C=O) groups excluding carboxylic acids is 2. The van der Waals surface area contributed by atoms with E-state index in [1.165, 1.54) is 4.90 Å².